The van der Waals surface area contributed by atoms with Crippen molar-refractivity contribution in [1.82, 2.24) is 15.0 Å². The molecule has 0 saturated heterocycles. The number of aromatic nitrogens is 3. The van der Waals surface area contributed by atoms with E-state index in [0.717, 1.165) is 48.5 Å². The van der Waals surface area contributed by atoms with Gasteiger partial charge in [0.2, 0.25) is 0 Å². The molecule has 4 heterocycles. The first-order chi connectivity index (χ1) is 19.3. The quantitative estimate of drug-likeness (QED) is 0.207. The van der Waals surface area contributed by atoms with Gasteiger partial charge in [0.25, 0.3) is 0 Å². The second-order valence-electron chi connectivity index (χ2n) is 8.81. The van der Waals surface area contributed by atoms with Crippen molar-refractivity contribution in [3.8, 4) is 0 Å². The second-order valence-corrected chi connectivity index (χ2v) is 15.0. The van der Waals surface area contributed by atoms with Crippen molar-refractivity contribution in [3.05, 3.63) is 146 Å². The van der Waals surface area contributed by atoms with Crippen molar-refractivity contribution in [3.63, 3.8) is 0 Å². The van der Waals surface area contributed by atoms with E-state index in [1.165, 1.54) is 0 Å². The van der Waals surface area contributed by atoms with Gasteiger partial charge in [-0.25, -0.2) is 15.0 Å². The number of hydrogen-bond acceptors (Lipinski definition) is 3. The summed E-state index contributed by atoms with van der Waals surface area (Å²) in [6, 6.07) is 54.3. The summed E-state index contributed by atoms with van der Waals surface area (Å²) >= 11 is 0. The van der Waals surface area contributed by atoms with Crippen LogP contribution in [-0.4, -0.2) is 15.0 Å². The van der Waals surface area contributed by atoms with E-state index in [1.807, 2.05) is 36.4 Å². The number of rotatable bonds is 3. The van der Waals surface area contributed by atoms with Crippen molar-refractivity contribution in [2.45, 2.75) is 0 Å². The average molecular weight is 748 g/mol. The molecule has 3 aromatic heterocycles. The predicted octanol–water partition coefficient (Wildman–Crippen LogP) is 2.86. The van der Waals surface area contributed by atoms with Crippen LogP contribution in [0.2, 0.25) is 0 Å². The van der Waals surface area contributed by atoms with Crippen LogP contribution < -0.4 is 48.5 Å². The molecule has 1 aliphatic heterocycles. The van der Waals surface area contributed by atoms with Crippen molar-refractivity contribution in [2.24, 2.45) is 0 Å². The number of nitrogens with zero attached hydrogens (tertiary/aromatic N) is 3. The molecule has 0 aliphatic carbocycles. The summed E-state index contributed by atoms with van der Waals surface area (Å²) < 4.78 is 0. The zero-order valence-electron chi connectivity index (χ0n) is 21.1. The zero-order chi connectivity index (χ0) is 26.0. The van der Waals surface area contributed by atoms with Gasteiger partial charge in [-0.15, -0.1) is 15.9 Å². The van der Waals surface area contributed by atoms with Crippen molar-refractivity contribution < 1.29 is 21.1 Å². The van der Waals surface area contributed by atoms with Crippen LogP contribution in [-0.2, 0) is 21.1 Å². The van der Waals surface area contributed by atoms with Gasteiger partial charge in [0, 0.05) is 44.8 Å². The molecule has 1 aliphatic rings. The van der Waals surface area contributed by atoms with Gasteiger partial charge in [0.15, 0.2) is 0 Å². The van der Waals surface area contributed by atoms with Crippen LogP contribution in [0.25, 0.3) is 0 Å². The molecule has 0 unspecified atom stereocenters. The van der Waals surface area contributed by atoms with E-state index in [1.54, 1.807) is 0 Å². The van der Waals surface area contributed by atoms with E-state index in [-0.39, 0.29) is 21.1 Å². The second kappa shape index (κ2) is 12.3. The standard InChI is InChI=1S/C33H21N3P3.Pt/c1-4-13-25(14-5-1)37-28-19-10-21-30(34-28)38(26-15-6-2-7-16-26)32-23-12-24-33(36-32)39(27-17-8-3-9-18-27)31-22-11-20-29(37)35-31;/h1-13,15,17,19-24H;/q-3;. The number of pyridine rings is 3. The Labute approximate surface area is 252 Å². The Kier molecular flexibility index (Phi) is 8.39. The van der Waals surface area contributed by atoms with Crippen molar-refractivity contribution in [2.75, 3.05) is 0 Å². The maximum Gasteiger partial charge on any atom is 0.0724 e. The molecule has 6 bridgehead atoms. The van der Waals surface area contributed by atoms with Gasteiger partial charge in [0.1, 0.15) is 0 Å². The first kappa shape index (κ1) is 27.3. The van der Waals surface area contributed by atoms with E-state index >= 15 is 0 Å². The van der Waals surface area contributed by atoms with Gasteiger partial charge in [-0.1, -0.05) is 18.2 Å². The molecule has 7 rings (SSSR count). The molecule has 0 N–H and O–H groups in total. The molecule has 6 aromatic rings. The van der Waals surface area contributed by atoms with Crippen LogP contribution in [0.4, 0.5) is 0 Å². The summed E-state index contributed by atoms with van der Waals surface area (Å²) in [5.74, 6) is 0. The van der Waals surface area contributed by atoms with E-state index in [4.69, 9.17) is 15.0 Å². The van der Waals surface area contributed by atoms with Crippen molar-refractivity contribution in [1.29, 1.82) is 0 Å². The summed E-state index contributed by atoms with van der Waals surface area (Å²) in [5, 5.41) is 3.34. The van der Waals surface area contributed by atoms with Crippen LogP contribution in [0.5, 0.6) is 0 Å². The fourth-order valence-corrected chi connectivity index (χ4v) is 11.0. The Morgan fingerprint density at radius 3 is 0.850 bits per heavy atom. The minimum absolute atomic E-state index is 0. The summed E-state index contributed by atoms with van der Waals surface area (Å²) in [6.07, 6.45) is 0. The minimum atomic E-state index is -1.02. The molecular formula is C33H21N3P3Pt-3. The van der Waals surface area contributed by atoms with Crippen LogP contribution in [0.15, 0.2) is 127 Å². The molecular weight excluding hydrogens is 726 g/mol. The topological polar surface area (TPSA) is 38.7 Å². The largest absolute Gasteiger partial charge is 0.247 e. The summed E-state index contributed by atoms with van der Waals surface area (Å²) in [6.45, 7) is 0. The van der Waals surface area contributed by atoms with Crippen LogP contribution >= 0.6 is 23.8 Å². The maximum absolute atomic E-state index is 5.34. The van der Waals surface area contributed by atoms with Crippen molar-refractivity contribution >= 4 is 72.3 Å². The zero-order valence-corrected chi connectivity index (χ0v) is 26.1. The summed E-state index contributed by atoms with van der Waals surface area (Å²) in [7, 11) is -3.05. The Balaban J connectivity index is 0.00000289. The summed E-state index contributed by atoms with van der Waals surface area (Å²) in [5.41, 5.74) is 6.11. The Morgan fingerprint density at radius 1 is 0.350 bits per heavy atom. The number of benzene rings is 3. The third-order valence-corrected chi connectivity index (χ3v) is 12.9. The third kappa shape index (κ3) is 5.38. The molecule has 3 aromatic carbocycles. The van der Waals surface area contributed by atoms with Gasteiger partial charge in [-0.3, -0.25) is 0 Å². The van der Waals surface area contributed by atoms with Crippen LogP contribution in [0.3, 0.4) is 0 Å². The van der Waals surface area contributed by atoms with Gasteiger partial charge in [-0.2, -0.15) is 91.0 Å². The smallest absolute Gasteiger partial charge is 0.0724 e. The molecule has 0 fully saturated rings. The molecule has 0 atom stereocenters. The molecule has 0 radical (unpaired) electrons. The predicted molar refractivity (Wildman–Crippen MR) is 166 cm³/mol. The van der Waals surface area contributed by atoms with Gasteiger partial charge >= 0.3 is 0 Å². The summed E-state index contributed by atoms with van der Waals surface area (Å²) in [4.78, 5) is 16.0. The molecule has 0 amide bonds. The monoisotopic (exact) mass is 747 g/mol. The Hall–Kier alpha value is -2.91. The van der Waals surface area contributed by atoms with Crippen LogP contribution in [0.1, 0.15) is 0 Å². The molecule has 40 heavy (non-hydrogen) atoms. The van der Waals surface area contributed by atoms with E-state index in [2.05, 4.69) is 109 Å². The molecule has 3 nitrogen and oxygen atoms in total. The van der Waals surface area contributed by atoms with Gasteiger partial charge < -0.3 is 0 Å². The van der Waals surface area contributed by atoms with Gasteiger partial charge in [0.05, 0.1) is 32.6 Å². The fourth-order valence-electron chi connectivity index (χ4n) is 4.65. The Bertz CT molecular complexity index is 1470. The fraction of sp³-hybridized carbons (Fsp3) is 0. The first-order valence-electron chi connectivity index (χ1n) is 12.6. The molecule has 7 heteroatoms. The number of hydrogen-bond donors (Lipinski definition) is 0. The minimum Gasteiger partial charge on any atom is -0.247 e. The maximum atomic E-state index is 5.34. The van der Waals surface area contributed by atoms with Crippen LogP contribution in [0, 0.1) is 18.2 Å². The van der Waals surface area contributed by atoms with E-state index in [9.17, 15) is 0 Å². The van der Waals surface area contributed by atoms with E-state index < -0.39 is 23.8 Å². The Morgan fingerprint density at radius 2 is 0.625 bits per heavy atom. The normalized spacial score (nSPS) is 17.6. The molecule has 0 saturated carbocycles. The SMILES string of the molecule is [Pt].[c-]1ccccc1P1c2cccc(n2)P(c2[c-]cccc2)c2cccc(n2)P(c2[c-]cccc2)c2cccc1n2. The number of fused-ring (bicyclic) bond motifs is 6. The first-order valence-corrected chi connectivity index (χ1v) is 16.6. The average Bonchev–Trinajstić information content (AvgIpc) is 3.00. The van der Waals surface area contributed by atoms with Gasteiger partial charge in [-0.05, 0) is 36.4 Å². The third-order valence-electron chi connectivity index (χ3n) is 6.33. The molecule has 196 valence electrons. The molecule has 0 spiro atoms. The van der Waals surface area contributed by atoms with E-state index in [0.29, 0.717) is 0 Å².